The number of nitrogens with one attached hydrogen (secondary N) is 2. The molecule has 0 saturated carbocycles. The van der Waals surface area contributed by atoms with Gasteiger partial charge >= 0.3 is 0 Å². The Morgan fingerprint density at radius 2 is 1.70 bits per heavy atom. The van der Waals surface area contributed by atoms with Crippen LogP contribution in [0.3, 0.4) is 0 Å². The summed E-state index contributed by atoms with van der Waals surface area (Å²) in [6.07, 6.45) is 0.983. The van der Waals surface area contributed by atoms with Crippen molar-refractivity contribution in [3.8, 4) is 0 Å². The summed E-state index contributed by atoms with van der Waals surface area (Å²) in [6.45, 7) is 10.7. The number of anilines is 1. The van der Waals surface area contributed by atoms with E-state index in [2.05, 4.69) is 81.7 Å². The summed E-state index contributed by atoms with van der Waals surface area (Å²) in [5.74, 6) is 0. The molecule has 1 unspecified atom stereocenters. The van der Waals surface area contributed by atoms with Crippen LogP contribution in [0.15, 0.2) is 36.4 Å². The third-order valence-electron chi connectivity index (χ3n) is 4.28. The van der Waals surface area contributed by atoms with Crippen LogP contribution in [0, 0.1) is 27.7 Å². The fourth-order valence-electron chi connectivity index (χ4n) is 2.67. The van der Waals surface area contributed by atoms with Crippen LogP contribution >= 0.6 is 12.2 Å². The number of rotatable bonds is 4. The highest BCUT2D eigenvalue weighted by molar-refractivity contribution is 7.80. The van der Waals surface area contributed by atoms with Gasteiger partial charge in [0.05, 0.1) is 6.04 Å². The van der Waals surface area contributed by atoms with E-state index in [0.717, 1.165) is 12.1 Å². The van der Waals surface area contributed by atoms with Crippen molar-refractivity contribution in [3.05, 3.63) is 64.2 Å². The maximum absolute atomic E-state index is 5.51. The number of aryl methyl sites for hydroxylation is 4. The Labute approximate surface area is 145 Å². The van der Waals surface area contributed by atoms with Crippen molar-refractivity contribution in [2.24, 2.45) is 0 Å². The molecule has 0 saturated heterocycles. The molecule has 3 heteroatoms. The summed E-state index contributed by atoms with van der Waals surface area (Å²) in [7, 11) is 0. The zero-order chi connectivity index (χ0) is 17.0. The molecule has 0 aliphatic rings. The molecule has 0 fully saturated rings. The van der Waals surface area contributed by atoms with Crippen LogP contribution in [0.4, 0.5) is 5.69 Å². The molecule has 2 rings (SSSR count). The molecular weight excluding hydrogens is 300 g/mol. The Bertz CT molecular complexity index is 707. The van der Waals surface area contributed by atoms with Gasteiger partial charge in [0.25, 0.3) is 0 Å². The normalized spacial score (nSPS) is 11.9. The Morgan fingerprint density at radius 3 is 2.30 bits per heavy atom. The molecule has 0 amide bonds. The van der Waals surface area contributed by atoms with Gasteiger partial charge in [0.15, 0.2) is 5.11 Å². The fraction of sp³-hybridized carbons (Fsp3) is 0.350. The predicted molar refractivity (Wildman–Crippen MR) is 104 cm³/mol. The average molecular weight is 327 g/mol. The largest absolute Gasteiger partial charge is 0.356 e. The van der Waals surface area contributed by atoms with E-state index in [0.29, 0.717) is 5.11 Å². The number of thiocarbonyl (C=S) groups is 1. The minimum Gasteiger partial charge on any atom is -0.356 e. The first-order valence-electron chi connectivity index (χ1n) is 8.12. The van der Waals surface area contributed by atoms with Gasteiger partial charge < -0.3 is 10.6 Å². The SMILES string of the molecule is CCC(NC(=S)Nc1ccc(C)cc1C)c1ccc(C)c(C)c1. The van der Waals surface area contributed by atoms with Gasteiger partial charge in [-0.2, -0.15) is 0 Å². The van der Waals surface area contributed by atoms with Crippen molar-refractivity contribution in [1.82, 2.24) is 5.32 Å². The van der Waals surface area contributed by atoms with Crippen molar-refractivity contribution in [2.75, 3.05) is 5.32 Å². The van der Waals surface area contributed by atoms with Gasteiger partial charge in [0.1, 0.15) is 0 Å². The summed E-state index contributed by atoms with van der Waals surface area (Å²) in [5, 5.41) is 7.43. The Balaban J connectivity index is 2.08. The predicted octanol–water partition coefficient (Wildman–Crippen LogP) is 5.36. The van der Waals surface area contributed by atoms with Crippen LogP contribution in [-0.2, 0) is 0 Å². The van der Waals surface area contributed by atoms with Gasteiger partial charge in [-0.15, -0.1) is 0 Å². The summed E-state index contributed by atoms with van der Waals surface area (Å²) >= 11 is 5.51. The van der Waals surface area contributed by atoms with Gasteiger partial charge in [-0.1, -0.05) is 42.8 Å². The lowest BCUT2D eigenvalue weighted by Gasteiger charge is -2.21. The van der Waals surface area contributed by atoms with Crippen LogP contribution in [0.5, 0.6) is 0 Å². The standard InChI is InChI=1S/C20H26N2S/c1-6-18(17-9-8-14(3)15(4)12-17)21-20(23)22-19-10-7-13(2)11-16(19)5/h7-12,18H,6H2,1-5H3,(H2,21,22,23). The van der Waals surface area contributed by atoms with Crippen molar-refractivity contribution < 1.29 is 0 Å². The Morgan fingerprint density at radius 1 is 0.957 bits per heavy atom. The first-order chi connectivity index (χ1) is 10.9. The smallest absolute Gasteiger partial charge is 0.171 e. The molecule has 0 heterocycles. The highest BCUT2D eigenvalue weighted by Gasteiger charge is 2.12. The molecule has 2 aromatic rings. The second-order valence-electron chi connectivity index (χ2n) is 6.22. The zero-order valence-corrected chi connectivity index (χ0v) is 15.5. The summed E-state index contributed by atoms with van der Waals surface area (Å²) in [6, 6.07) is 13.2. The molecule has 0 aromatic heterocycles. The van der Waals surface area contributed by atoms with Gasteiger partial charge in [-0.25, -0.2) is 0 Å². The molecule has 122 valence electrons. The monoisotopic (exact) mass is 326 g/mol. The molecule has 0 spiro atoms. The van der Waals surface area contributed by atoms with Crippen LogP contribution < -0.4 is 10.6 Å². The minimum absolute atomic E-state index is 0.222. The maximum Gasteiger partial charge on any atom is 0.171 e. The maximum atomic E-state index is 5.51. The fourth-order valence-corrected chi connectivity index (χ4v) is 2.93. The lowest BCUT2D eigenvalue weighted by atomic mass is 9.99. The van der Waals surface area contributed by atoms with Crippen molar-refractivity contribution in [1.29, 1.82) is 0 Å². The quantitative estimate of drug-likeness (QED) is 0.740. The highest BCUT2D eigenvalue weighted by atomic mass is 32.1. The molecule has 2 nitrogen and oxygen atoms in total. The molecule has 0 bridgehead atoms. The van der Waals surface area contributed by atoms with E-state index in [1.165, 1.54) is 27.8 Å². The van der Waals surface area contributed by atoms with Gasteiger partial charge in [-0.3, -0.25) is 0 Å². The second-order valence-corrected chi connectivity index (χ2v) is 6.63. The third kappa shape index (κ3) is 4.55. The molecule has 23 heavy (non-hydrogen) atoms. The van der Waals surface area contributed by atoms with E-state index in [1.807, 2.05) is 0 Å². The Kier molecular flexibility index (Phi) is 5.78. The lowest BCUT2D eigenvalue weighted by molar-refractivity contribution is 0.628. The first kappa shape index (κ1) is 17.5. The number of benzene rings is 2. The Hall–Kier alpha value is -1.87. The second kappa shape index (κ2) is 7.60. The third-order valence-corrected chi connectivity index (χ3v) is 4.50. The van der Waals surface area contributed by atoms with Crippen molar-refractivity contribution >= 4 is 23.0 Å². The van der Waals surface area contributed by atoms with Crippen molar-refractivity contribution in [3.63, 3.8) is 0 Å². The van der Waals surface area contributed by atoms with E-state index >= 15 is 0 Å². The molecule has 2 N–H and O–H groups in total. The molecule has 0 aliphatic heterocycles. The number of hydrogen-bond donors (Lipinski definition) is 2. The molecular formula is C20H26N2S. The van der Waals surface area contributed by atoms with Crippen LogP contribution in [0.25, 0.3) is 0 Å². The number of hydrogen-bond acceptors (Lipinski definition) is 1. The van der Waals surface area contributed by atoms with Gasteiger partial charge in [-0.05, 0) is 74.7 Å². The van der Waals surface area contributed by atoms with E-state index in [9.17, 15) is 0 Å². The van der Waals surface area contributed by atoms with Crippen molar-refractivity contribution in [2.45, 2.75) is 47.1 Å². The summed E-state index contributed by atoms with van der Waals surface area (Å²) < 4.78 is 0. The van der Waals surface area contributed by atoms with Gasteiger partial charge in [0.2, 0.25) is 0 Å². The van der Waals surface area contributed by atoms with E-state index < -0.39 is 0 Å². The average Bonchev–Trinajstić information content (AvgIpc) is 2.50. The lowest BCUT2D eigenvalue weighted by Crippen LogP contribution is -2.32. The van der Waals surface area contributed by atoms with Crippen LogP contribution in [-0.4, -0.2) is 5.11 Å². The summed E-state index contributed by atoms with van der Waals surface area (Å²) in [4.78, 5) is 0. The summed E-state index contributed by atoms with van der Waals surface area (Å²) in [5.41, 5.74) is 7.43. The molecule has 0 radical (unpaired) electrons. The first-order valence-corrected chi connectivity index (χ1v) is 8.53. The van der Waals surface area contributed by atoms with E-state index in [1.54, 1.807) is 0 Å². The molecule has 1 atom stereocenters. The minimum atomic E-state index is 0.222. The van der Waals surface area contributed by atoms with Crippen LogP contribution in [0.1, 0.15) is 47.2 Å². The molecule has 2 aromatic carbocycles. The van der Waals surface area contributed by atoms with E-state index in [4.69, 9.17) is 12.2 Å². The molecule has 0 aliphatic carbocycles. The highest BCUT2D eigenvalue weighted by Crippen LogP contribution is 2.21. The zero-order valence-electron chi connectivity index (χ0n) is 14.7. The topological polar surface area (TPSA) is 24.1 Å². The van der Waals surface area contributed by atoms with Gasteiger partial charge in [0, 0.05) is 5.69 Å². The van der Waals surface area contributed by atoms with Crippen LogP contribution in [0.2, 0.25) is 0 Å². The van der Waals surface area contributed by atoms with E-state index in [-0.39, 0.29) is 6.04 Å².